The smallest absolute Gasteiger partial charge is 0.291 e. The Bertz CT molecular complexity index is 486. The molecule has 2 N–H and O–H groups in total. The summed E-state index contributed by atoms with van der Waals surface area (Å²) in [5.41, 5.74) is 7.56. The Balaban J connectivity index is 4.54. The van der Waals surface area contributed by atoms with Crippen molar-refractivity contribution in [2.24, 2.45) is 5.73 Å². The third-order valence-corrected chi connectivity index (χ3v) is 2.34. The molecule has 0 heterocycles. The van der Waals surface area contributed by atoms with Crippen LogP contribution in [0.15, 0.2) is 72.2 Å². The second-order valence-electron chi connectivity index (χ2n) is 4.06. The number of nitriles is 1. The number of allylic oxidation sites excluding steroid dienone is 10. The Morgan fingerprint density at radius 1 is 1.30 bits per heavy atom. The molecule has 0 radical (unpaired) electrons. The molecule has 0 aliphatic rings. The average molecular weight is 270 g/mol. The lowest BCUT2D eigenvalue weighted by Gasteiger charge is -1.99. The van der Waals surface area contributed by atoms with Gasteiger partial charge in [0.25, 0.3) is 6.26 Å². The van der Waals surface area contributed by atoms with Crippen LogP contribution >= 0.6 is 0 Å². The first-order valence-electron chi connectivity index (χ1n) is 6.44. The summed E-state index contributed by atoms with van der Waals surface area (Å²) in [6.45, 7) is 7.30. The van der Waals surface area contributed by atoms with Crippen molar-refractivity contribution in [3.05, 3.63) is 72.2 Å². The van der Waals surface area contributed by atoms with Crippen molar-refractivity contribution < 1.29 is 4.74 Å². The largest absolute Gasteiger partial charge is 0.399 e. The van der Waals surface area contributed by atoms with Crippen molar-refractivity contribution in [2.75, 3.05) is 0 Å². The molecule has 0 aromatic heterocycles. The zero-order chi connectivity index (χ0) is 15.2. The van der Waals surface area contributed by atoms with E-state index in [1.165, 1.54) is 0 Å². The van der Waals surface area contributed by atoms with Gasteiger partial charge in [-0.3, -0.25) is 0 Å². The van der Waals surface area contributed by atoms with Gasteiger partial charge in [-0.15, -0.1) is 5.26 Å². The quantitative estimate of drug-likeness (QED) is 0.407. The van der Waals surface area contributed by atoms with Gasteiger partial charge in [0.2, 0.25) is 0 Å². The van der Waals surface area contributed by atoms with E-state index in [1.54, 1.807) is 31.4 Å². The minimum atomic E-state index is 0.572. The molecule has 0 aliphatic heterocycles. The molecule has 3 nitrogen and oxygen atoms in total. The number of nitrogens with zero attached hydrogens (tertiary/aromatic N) is 1. The Hall–Kier alpha value is -2.47. The van der Waals surface area contributed by atoms with Crippen molar-refractivity contribution in [2.45, 2.75) is 26.7 Å². The van der Waals surface area contributed by atoms with Crippen LogP contribution < -0.4 is 5.73 Å². The maximum atomic E-state index is 8.39. The topological polar surface area (TPSA) is 59.0 Å². The molecule has 106 valence electrons. The molecule has 0 aromatic carbocycles. The predicted molar refractivity (Wildman–Crippen MR) is 84.2 cm³/mol. The van der Waals surface area contributed by atoms with Crippen molar-refractivity contribution in [3.63, 3.8) is 0 Å². The van der Waals surface area contributed by atoms with E-state index in [4.69, 9.17) is 15.7 Å². The lowest BCUT2D eigenvalue weighted by Crippen LogP contribution is -1.91. The predicted octanol–water partition coefficient (Wildman–Crippen LogP) is 4.26. The Kier molecular flexibility index (Phi) is 10.2. The average Bonchev–Trinajstić information content (AvgIpc) is 2.41. The van der Waals surface area contributed by atoms with Gasteiger partial charge in [0.05, 0.1) is 0 Å². The van der Waals surface area contributed by atoms with Crippen LogP contribution in [0.5, 0.6) is 0 Å². The first kappa shape index (κ1) is 17.5. The van der Waals surface area contributed by atoms with Crippen LogP contribution in [0.1, 0.15) is 26.7 Å². The van der Waals surface area contributed by atoms with Crippen molar-refractivity contribution in [3.8, 4) is 6.26 Å². The third-order valence-electron chi connectivity index (χ3n) is 2.34. The summed E-state index contributed by atoms with van der Waals surface area (Å²) in [7, 11) is 0. The molecule has 20 heavy (non-hydrogen) atoms. The van der Waals surface area contributed by atoms with E-state index in [-0.39, 0.29) is 0 Å². The van der Waals surface area contributed by atoms with Crippen LogP contribution in [0.4, 0.5) is 0 Å². The van der Waals surface area contributed by atoms with Gasteiger partial charge in [0, 0.05) is 5.70 Å². The maximum absolute atomic E-state index is 8.39. The highest BCUT2D eigenvalue weighted by Gasteiger charge is 1.91. The van der Waals surface area contributed by atoms with Gasteiger partial charge in [-0.05, 0) is 50.5 Å². The number of nitrogens with two attached hydrogens (primary N) is 1. The molecule has 0 rings (SSSR count). The summed E-state index contributed by atoms with van der Waals surface area (Å²) < 4.78 is 4.70. The number of rotatable bonds is 8. The summed E-state index contributed by atoms with van der Waals surface area (Å²) in [4.78, 5) is 0. The number of hydrogen-bond acceptors (Lipinski definition) is 3. The monoisotopic (exact) mass is 270 g/mol. The molecular weight excluding hydrogens is 248 g/mol. The zero-order valence-corrected chi connectivity index (χ0v) is 12.2. The first-order chi connectivity index (χ1) is 9.63. The third kappa shape index (κ3) is 9.55. The number of ether oxygens (including phenoxy) is 1. The van der Waals surface area contributed by atoms with Gasteiger partial charge in [0.1, 0.15) is 5.76 Å². The van der Waals surface area contributed by atoms with E-state index in [0.717, 1.165) is 18.4 Å². The summed E-state index contributed by atoms with van der Waals surface area (Å²) >= 11 is 0. The minimum absolute atomic E-state index is 0.572. The lowest BCUT2D eigenvalue weighted by atomic mass is 10.1. The molecule has 0 saturated carbocycles. The Morgan fingerprint density at radius 2 is 2.05 bits per heavy atom. The molecular formula is C17H22N2O. The van der Waals surface area contributed by atoms with Gasteiger partial charge in [0.15, 0.2) is 0 Å². The van der Waals surface area contributed by atoms with E-state index >= 15 is 0 Å². The van der Waals surface area contributed by atoms with Crippen LogP contribution in [0.3, 0.4) is 0 Å². The van der Waals surface area contributed by atoms with Gasteiger partial charge in [-0.2, -0.15) is 0 Å². The molecule has 0 aromatic rings. The lowest BCUT2D eigenvalue weighted by molar-refractivity contribution is 0.377. The van der Waals surface area contributed by atoms with Crippen LogP contribution in [0.2, 0.25) is 0 Å². The van der Waals surface area contributed by atoms with Crippen LogP contribution in [0.25, 0.3) is 0 Å². The van der Waals surface area contributed by atoms with Crippen LogP contribution in [0, 0.1) is 11.5 Å². The van der Waals surface area contributed by atoms with Crippen LogP contribution in [-0.4, -0.2) is 0 Å². The van der Waals surface area contributed by atoms with E-state index < -0.39 is 0 Å². The normalized spacial score (nSPS) is 13.8. The molecule has 3 heteroatoms. The Labute approximate surface area is 121 Å². The maximum Gasteiger partial charge on any atom is 0.291 e. The number of hydrogen-bond donors (Lipinski definition) is 1. The molecule has 0 atom stereocenters. The molecule has 0 amide bonds. The van der Waals surface area contributed by atoms with E-state index in [2.05, 4.69) is 6.58 Å². The second kappa shape index (κ2) is 11.6. The molecule has 0 bridgehead atoms. The van der Waals surface area contributed by atoms with E-state index in [0.29, 0.717) is 11.5 Å². The van der Waals surface area contributed by atoms with Crippen molar-refractivity contribution in [1.82, 2.24) is 0 Å². The second-order valence-corrected chi connectivity index (χ2v) is 4.06. The molecule has 0 spiro atoms. The van der Waals surface area contributed by atoms with Crippen molar-refractivity contribution >= 4 is 0 Å². The Morgan fingerprint density at radius 3 is 2.65 bits per heavy atom. The summed E-state index contributed by atoms with van der Waals surface area (Å²) in [6, 6.07) is 0. The summed E-state index contributed by atoms with van der Waals surface area (Å²) in [5.74, 6) is 0.572. The molecule has 0 saturated heterocycles. The zero-order valence-electron chi connectivity index (χ0n) is 12.2. The summed E-state index contributed by atoms with van der Waals surface area (Å²) in [5, 5.41) is 8.39. The SMILES string of the molecule is C=C/C=C(N)\C=C/CCC(/C=C\C)=C/C=C(\C)OC#N. The highest BCUT2D eigenvalue weighted by molar-refractivity contribution is 5.25. The van der Waals surface area contributed by atoms with E-state index in [1.807, 2.05) is 37.3 Å². The summed E-state index contributed by atoms with van der Waals surface area (Å²) in [6.07, 6.45) is 18.5. The van der Waals surface area contributed by atoms with Gasteiger partial charge in [-0.1, -0.05) is 37.0 Å². The molecule has 0 unspecified atom stereocenters. The highest BCUT2D eigenvalue weighted by atomic mass is 16.5. The highest BCUT2D eigenvalue weighted by Crippen LogP contribution is 2.10. The first-order valence-corrected chi connectivity index (χ1v) is 6.44. The fourth-order valence-corrected chi connectivity index (χ4v) is 1.43. The van der Waals surface area contributed by atoms with Crippen molar-refractivity contribution in [1.29, 1.82) is 5.26 Å². The van der Waals surface area contributed by atoms with Gasteiger partial charge < -0.3 is 10.5 Å². The standard InChI is InChI=1S/C17H22N2O/c1-4-8-16(13-12-15(3)20-14-18)10-6-7-11-17(19)9-5-2/h4-5,7-9,11-13H,2,6,10,19H2,1,3H3/b8-4-,11-7-,15-12+,16-13+,17-9+. The fraction of sp³-hybridized carbons (Fsp3) is 0.235. The fourth-order valence-electron chi connectivity index (χ4n) is 1.43. The van der Waals surface area contributed by atoms with Gasteiger partial charge in [-0.25, -0.2) is 0 Å². The van der Waals surface area contributed by atoms with Gasteiger partial charge >= 0.3 is 0 Å². The minimum Gasteiger partial charge on any atom is -0.399 e. The van der Waals surface area contributed by atoms with Crippen LogP contribution in [-0.2, 0) is 4.74 Å². The van der Waals surface area contributed by atoms with E-state index in [9.17, 15) is 0 Å². The molecule has 0 fully saturated rings. The molecule has 0 aliphatic carbocycles.